The van der Waals surface area contributed by atoms with Crippen molar-refractivity contribution in [3.63, 3.8) is 0 Å². The monoisotopic (exact) mass is 380 g/mol. The summed E-state index contributed by atoms with van der Waals surface area (Å²) in [6.07, 6.45) is -0.446. The van der Waals surface area contributed by atoms with E-state index in [4.69, 9.17) is 9.47 Å². The Labute approximate surface area is 159 Å². The lowest BCUT2D eigenvalue weighted by molar-refractivity contribution is -0.142. The molecule has 0 aliphatic carbocycles. The number of carboxylic acid groups (broad SMARTS) is 1. The Bertz CT molecular complexity index is 627. The highest BCUT2D eigenvalue weighted by Crippen LogP contribution is 2.08. The van der Waals surface area contributed by atoms with E-state index in [0.717, 1.165) is 5.56 Å². The average Bonchev–Trinajstić information content (AvgIpc) is 2.57. The average molecular weight is 380 g/mol. The number of nitrogens with one attached hydrogen (secondary N) is 2. The van der Waals surface area contributed by atoms with Gasteiger partial charge >= 0.3 is 12.1 Å². The molecule has 0 spiro atoms. The number of carboxylic acids is 1. The number of carbonyl (C=O) groups excluding carboxylic acids is 2. The van der Waals surface area contributed by atoms with Gasteiger partial charge in [-0.25, -0.2) is 9.59 Å². The standard InChI is InChI=1S/C19H28N2O6/c1-19(2,3)27-18(25)21-14(10-11-26-4)16(22)20-15(17(23)24)12-13-8-6-5-7-9-13/h5-9,14-15H,10-12H2,1-4H3,(H,20,22)(H,21,25)(H,23,24)/t14?,15-/m0/s1. The Balaban J connectivity index is 2.79. The van der Waals surface area contributed by atoms with Crippen LogP contribution in [-0.4, -0.2) is 54.5 Å². The third-order valence-corrected chi connectivity index (χ3v) is 3.52. The van der Waals surface area contributed by atoms with Crippen molar-refractivity contribution in [3.8, 4) is 0 Å². The molecule has 8 heteroatoms. The normalized spacial score (nSPS) is 13.3. The van der Waals surface area contributed by atoms with Crippen molar-refractivity contribution in [1.29, 1.82) is 0 Å². The first-order chi connectivity index (χ1) is 12.6. The van der Waals surface area contributed by atoms with Crippen molar-refractivity contribution in [3.05, 3.63) is 35.9 Å². The zero-order valence-corrected chi connectivity index (χ0v) is 16.2. The summed E-state index contributed by atoms with van der Waals surface area (Å²) in [5.41, 5.74) is 0.0576. The maximum absolute atomic E-state index is 12.6. The second kappa shape index (κ2) is 10.5. The SMILES string of the molecule is COCCC(NC(=O)OC(C)(C)C)C(=O)N[C@@H](Cc1ccccc1)C(=O)O. The van der Waals surface area contributed by atoms with E-state index in [1.54, 1.807) is 45.0 Å². The molecule has 1 unspecified atom stereocenters. The van der Waals surface area contributed by atoms with E-state index in [-0.39, 0.29) is 19.4 Å². The molecule has 1 aromatic rings. The fourth-order valence-electron chi connectivity index (χ4n) is 2.28. The molecule has 0 aliphatic heterocycles. The minimum absolute atomic E-state index is 0.130. The van der Waals surface area contributed by atoms with Crippen LogP contribution in [0.1, 0.15) is 32.8 Å². The van der Waals surface area contributed by atoms with Gasteiger partial charge < -0.3 is 25.2 Å². The van der Waals surface area contributed by atoms with Gasteiger partial charge in [0.1, 0.15) is 17.7 Å². The highest BCUT2D eigenvalue weighted by Gasteiger charge is 2.28. The molecule has 0 radical (unpaired) electrons. The molecular weight excluding hydrogens is 352 g/mol. The van der Waals surface area contributed by atoms with Gasteiger partial charge in [0.25, 0.3) is 0 Å². The lowest BCUT2D eigenvalue weighted by Gasteiger charge is -2.24. The zero-order chi connectivity index (χ0) is 20.4. The second-order valence-electron chi connectivity index (χ2n) is 7.07. The van der Waals surface area contributed by atoms with E-state index in [1.165, 1.54) is 7.11 Å². The molecule has 2 atom stereocenters. The predicted octanol–water partition coefficient (Wildman–Crippen LogP) is 1.73. The minimum atomic E-state index is -1.16. The van der Waals surface area contributed by atoms with Crippen LogP contribution in [0.4, 0.5) is 4.79 Å². The van der Waals surface area contributed by atoms with Crippen molar-refractivity contribution in [2.45, 2.75) is 51.3 Å². The van der Waals surface area contributed by atoms with Crippen LogP contribution in [0.5, 0.6) is 0 Å². The Kier molecular flexibility index (Phi) is 8.74. The number of rotatable bonds is 9. The fraction of sp³-hybridized carbons (Fsp3) is 0.526. The Morgan fingerprint density at radius 2 is 1.70 bits per heavy atom. The third-order valence-electron chi connectivity index (χ3n) is 3.52. The zero-order valence-electron chi connectivity index (χ0n) is 16.2. The van der Waals surface area contributed by atoms with Gasteiger partial charge in [-0.1, -0.05) is 30.3 Å². The van der Waals surface area contributed by atoms with Crippen LogP contribution in [0.25, 0.3) is 0 Å². The van der Waals surface area contributed by atoms with Gasteiger partial charge in [-0.2, -0.15) is 0 Å². The van der Waals surface area contributed by atoms with E-state index in [9.17, 15) is 19.5 Å². The van der Waals surface area contributed by atoms with E-state index >= 15 is 0 Å². The molecule has 8 nitrogen and oxygen atoms in total. The van der Waals surface area contributed by atoms with Gasteiger partial charge in [-0.3, -0.25) is 4.79 Å². The Morgan fingerprint density at radius 1 is 1.07 bits per heavy atom. The van der Waals surface area contributed by atoms with Crippen LogP contribution in [0.3, 0.4) is 0 Å². The number of ether oxygens (including phenoxy) is 2. The summed E-state index contributed by atoms with van der Waals surface area (Å²) < 4.78 is 10.1. The van der Waals surface area contributed by atoms with Crippen LogP contribution < -0.4 is 10.6 Å². The van der Waals surface area contributed by atoms with Crippen LogP contribution in [0.2, 0.25) is 0 Å². The third kappa shape index (κ3) is 9.05. The van der Waals surface area contributed by atoms with E-state index in [0.29, 0.717) is 0 Å². The van der Waals surface area contributed by atoms with Crippen LogP contribution in [0.15, 0.2) is 30.3 Å². The number of hydrogen-bond donors (Lipinski definition) is 3. The molecule has 1 aromatic carbocycles. The highest BCUT2D eigenvalue weighted by atomic mass is 16.6. The van der Waals surface area contributed by atoms with E-state index in [1.807, 2.05) is 6.07 Å². The first kappa shape index (κ1) is 22.4. The molecular formula is C19H28N2O6. The van der Waals surface area contributed by atoms with Crippen LogP contribution in [-0.2, 0) is 25.5 Å². The predicted molar refractivity (Wildman–Crippen MR) is 99.4 cm³/mol. The van der Waals surface area contributed by atoms with Gasteiger partial charge in [0.05, 0.1) is 0 Å². The van der Waals surface area contributed by atoms with Crippen LogP contribution in [0, 0.1) is 0 Å². The highest BCUT2D eigenvalue weighted by molar-refractivity contribution is 5.89. The summed E-state index contributed by atoms with van der Waals surface area (Å²) in [5.74, 6) is -1.77. The molecule has 0 saturated carbocycles. The molecule has 0 fully saturated rings. The lowest BCUT2D eigenvalue weighted by atomic mass is 10.1. The van der Waals surface area contributed by atoms with Crippen molar-refractivity contribution in [2.24, 2.45) is 0 Å². The Hall–Kier alpha value is -2.61. The molecule has 0 bridgehead atoms. The van der Waals surface area contributed by atoms with Crippen molar-refractivity contribution < 1.29 is 29.0 Å². The molecule has 0 aromatic heterocycles. The molecule has 0 heterocycles. The molecule has 0 aliphatic rings. The number of methoxy groups -OCH3 is 1. The smallest absolute Gasteiger partial charge is 0.408 e. The quantitative estimate of drug-likeness (QED) is 0.601. The summed E-state index contributed by atoms with van der Waals surface area (Å²) in [6.45, 7) is 5.33. The maximum Gasteiger partial charge on any atom is 0.408 e. The van der Waals surface area contributed by atoms with Gasteiger partial charge in [-0.15, -0.1) is 0 Å². The van der Waals surface area contributed by atoms with E-state index in [2.05, 4.69) is 10.6 Å². The minimum Gasteiger partial charge on any atom is -0.480 e. The molecule has 1 rings (SSSR count). The maximum atomic E-state index is 12.6. The molecule has 2 amide bonds. The lowest BCUT2D eigenvalue weighted by Crippen LogP contribution is -2.53. The topological polar surface area (TPSA) is 114 Å². The number of aliphatic carboxylic acids is 1. The number of amides is 2. The molecule has 150 valence electrons. The first-order valence-electron chi connectivity index (χ1n) is 8.68. The number of carbonyl (C=O) groups is 3. The van der Waals surface area contributed by atoms with Crippen molar-refractivity contribution in [1.82, 2.24) is 10.6 Å². The van der Waals surface area contributed by atoms with Gasteiger partial charge in [0.15, 0.2) is 0 Å². The molecule has 27 heavy (non-hydrogen) atoms. The first-order valence-corrected chi connectivity index (χ1v) is 8.68. The Morgan fingerprint density at radius 3 is 2.22 bits per heavy atom. The summed E-state index contributed by atoms with van der Waals surface area (Å²) in [5, 5.41) is 14.4. The van der Waals surface area contributed by atoms with Crippen molar-refractivity contribution in [2.75, 3.05) is 13.7 Å². The second-order valence-corrected chi connectivity index (χ2v) is 7.07. The summed E-state index contributed by atoms with van der Waals surface area (Å²) in [4.78, 5) is 36.1. The number of benzene rings is 1. The largest absolute Gasteiger partial charge is 0.480 e. The summed E-state index contributed by atoms with van der Waals surface area (Å²) in [6, 6.07) is 6.88. The number of alkyl carbamates (subject to hydrolysis) is 1. The summed E-state index contributed by atoms with van der Waals surface area (Å²) in [7, 11) is 1.47. The van der Waals surface area contributed by atoms with Gasteiger partial charge in [0.2, 0.25) is 5.91 Å². The molecule has 0 saturated heterocycles. The van der Waals surface area contributed by atoms with Crippen molar-refractivity contribution >= 4 is 18.0 Å². The van der Waals surface area contributed by atoms with Gasteiger partial charge in [-0.05, 0) is 26.3 Å². The number of hydrogen-bond acceptors (Lipinski definition) is 5. The molecule has 3 N–H and O–H groups in total. The van der Waals surface area contributed by atoms with Gasteiger partial charge in [0, 0.05) is 26.6 Å². The summed E-state index contributed by atoms with van der Waals surface area (Å²) >= 11 is 0. The van der Waals surface area contributed by atoms with Crippen LogP contribution >= 0.6 is 0 Å². The fourth-order valence-corrected chi connectivity index (χ4v) is 2.28. The van der Waals surface area contributed by atoms with E-state index < -0.39 is 35.7 Å².